The third-order valence-electron chi connectivity index (χ3n) is 4.25. The number of pyridine rings is 1. The minimum Gasteiger partial charge on any atom is -0.331 e. The smallest absolute Gasteiger partial charge is 0.331 e. The predicted molar refractivity (Wildman–Crippen MR) is 97.8 cm³/mol. The summed E-state index contributed by atoms with van der Waals surface area (Å²) in [6, 6.07) is 14.8. The first-order valence-electron chi connectivity index (χ1n) is 8.35. The molecule has 2 N–H and O–H groups in total. The number of urea groups is 1. The highest BCUT2D eigenvalue weighted by Crippen LogP contribution is 2.29. The van der Waals surface area contributed by atoms with Gasteiger partial charge in [-0.1, -0.05) is 36.4 Å². The molecule has 4 aromatic rings. The van der Waals surface area contributed by atoms with Crippen LogP contribution >= 0.6 is 0 Å². The molecular formula is C19H14F3N5O. The number of alkyl halides is 3. The summed E-state index contributed by atoms with van der Waals surface area (Å²) in [4.78, 5) is 12.3. The third-order valence-corrected chi connectivity index (χ3v) is 4.25. The van der Waals surface area contributed by atoms with Crippen LogP contribution in [0.3, 0.4) is 0 Å². The zero-order valence-electron chi connectivity index (χ0n) is 14.4. The van der Waals surface area contributed by atoms with Gasteiger partial charge in [0.25, 0.3) is 0 Å². The lowest BCUT2D eigenvalue weighted by atomic mass is 10.1. The molecular weight excluding hydrogens is 371 g/mol. The lowest BCUT2D eigenvalue weighted by Gasteiger charge is -2.10. The number of hydrogen-bond acceptors (Lipinski definition) is 3. The van der Waals surface area contributed by atoms with Crippen molar-refractivity contribution < 1.29 is 18.0 Å². The van der Waals surface area contributed by atoms with E-state index in [1.807, 2.05) is 36.4 Å². The fraction of sp³-hybridized carbons (Fsp3) is 0.105. The lowest BCUT2D eigenvalue weighted by molar-refractivity contribution is -0.137. The van der Waals surface area contributed by atoms with E-state index in [4.69, 9.17) is 0 Å². The molecule has 142 valence electrons. The number of fused-ring (bicyclic) bond motifs is 2. The Labute approximate surface area is 157 Å². The lowest BCUT2D eigenvalue weighted by Crippen LogP contribution is -2.29. The van der Waals surface area contributed by atoms with Gasteiger partial charge in [0.1, 0.15) is 0 Å². The van der Waals surface area contributed by atoms with Crippen LogP contribution in [0.25, 0.3) is 16.4 Å². The molecule has 0 saturated carbocycles. The Hall–Kier alpha value is -3.62. The van der Waals surface area contributed by atoms with Crippen molar-refractivity contribution in [3.05, 3.63) is 72.2 Å². The first-order valence-corrected chi connectivity index (χ1v) is 8.35. The minimum absolute atomic E-state index is 0.0842. The second-order valence-electron chi connectivity index (χ2n) is 6.09. The number of nitrogens with zero attached hydrogens (tertiary/aromatic N) is 3. The van der Waals surface area contributed by atoms with Gasteiger partial charge in [0, 0.05) is 11.6 Å². The van der Waals surface area contributed by atoms with Crippen molar-refractivity contribution in [3.63, 3.8) is 0 Å². The Balaban J connectivity index is 1.50. The average molecular weight is 385 g/mol. The van der Waals surface area contributed by atoms with Crippen LogP contribution in [0.5, 0.6) is 0 Å². The molecule has 9 heteroatoms. The van der Waals surface area contributed by atoms with E-state index in [9.17, 15) is 18.0 Å². The Morgan fingerprint density at radius 3 is 2.61 bits per heavy atom. The van der Waals surface area contributed by atoms with Crippen LogP contribution in [0.2, 0.25) is 0 Å². The van der Waals surface area contributed by atoms with Gasteiger partial charge in [0.2, 0.25) is 0 Å². The number of nitrogens with one attached hydrogen (secondary N) is 2. The molecule has 28 heavy (non-hydrogen) atoms. The molecule has 0 saturated heterocycles. The number of anilines is 1. The van der Waals surface area contributed by atoms with Crippen LogP contribution in [-0.4, -0.2) is 20.6 Å². The molecule has 0 aliphatic carbocycles. The van der Waals surface area contributed by atoms with Gasteiger partial charge in [-0.2, -0.15) is 13.2 Å². The van der Waals surface area contributed by atoms with Crippen molar-refractivity contribution in [2.45, 2.75) is 12.7 Å². The molecule has 0 bridgehead atoms. The van der Waals surface area contributed by atoms with Crippen molar-refractivity contribution in [1.29, 1.82) is 0 Å². The Morgan fingerprint density at radius 2 is 1.79 bits per heavy atom. The molecule has 2 heterocycles. The highest BCUT2D eigenvalue weighted by molar-refractivity contribution is 6.01. The van der Waals surface area contributed by atoms with Gasteiger partial charge in [-0.3, -0.25) is 4.40 Å². The second-order valence-corrected chi connectivity index (χ2v) is 6.09. The summed E-state index contributed by atoms with van der Waals surface area (Å²) in [5, 5.41) is 14.9. The summed E-state index contributed by atoms with van der Waals surface area (Å²) in [7, 11) is 0. The third kappa shape index (κ3) is 3.46. The molecule has 4 rings (SSSR count). The molecule has 2 aromatic carbocycles. The molecule has 0 aliphatic rings. The second kappa shape index (κ2) is 6.84. The van der Waals surface area contributed by atoms with Crippen molar-refractivity contribution in [3.8, 4) is 0 Å². The highest BCUT2D eigenvalue weighted by Gasteiger charge is 2.31. The maximum atomic E-state index is 12.9. The molecule has 6 nitrogen and oxygen atoms in total. The van der Waals surface area contributed by atoms with Gasteiger partial charge in [-0.05, 0) is 23.6 Å². The van der Waals surface area contributed by atoms with E-state index in [0.717, 1.165) is 23.0 Å². The van der Waals surface area contributed by atoms with Gasteiger partial charge >= 0.3 is 12.2 Å². The number of halogens is 3. The number of aromatic nitrogens is 3. The zero-order valence-corrected chi connectivity index (χ0v) is 14.4. The number of rotatable bonds is 3. The Kier molecular flexibility index (Phi) is 4.34. The first kappa shape index (κ1) is 17.8. The number of benzene rings is 2. The van der Waals surface area contributed by atoms with Crippen LogP contribution in [0, 0.1) is 0 Å². The Morgan fingerprint density at radius 1 is 1.00 bits per heavy atom. The SMILES string of the molecule is O=C(NCc1nnc2ccc(C(F)(F)F)cn12)Nc1cccc2ccccc12. The van der Waals surface area contributed by atoms with Crippen molar-refractivity contribution >= 4 is 28.1 Å². The van der Waals surface area contributed by atoms with E-state index in [2.05, 4.69) is 20.8 Å². The van der Waals surface area contributed by atoms with Crippen LogP contribution in [0.1, 0.15) is 11.4 Å². The van der Waals surface area contributed by atoms with Crippen LogP contribution in [-0.2, 0) is 12.7 Å². The normalized spacial score (nSPS) is 11.7. The van der Waals surface area contributed by atoms with Gasteiger partial charge in [0.05, 0.1) is 17.8 Å². The summed E-state index contributed by atoms with van der Waals surface area (Å²) in [5.74, 6) is 0.189. The number of carbonyl (C=O) groups is 1. The van der Waals surface area contributed by atoms with Gasteiger partial charge in [-0.15, -0.1) is 10.2 Å². The van der Waals surface area contributed by atoms with Crippen LogP contribution in [0.4, 0.5) is 23.7 Å². The Bertz CT molecular complexity index is 1160. The first-order chi connectivity index (χ1) is 13.4. The van der Waals surface area contributed by atoms with Crippen LogP contribution < -0.4 is 10.6 Å². The highest BCUT2D eigenvalue weighted by atomic mass is 19.4. The maximum absolute atomic E-state index is 12.9. The average Bonchev–Trinajstić information content (AvgIpc) is 3.08. The van der Waals surface area contributed by atoms with E-state index in [1.54, 1.807) is 6.07 Å². The van der Waals surface area contributed by atoms with Gasteiger partial charge < -0.3 is 10.6 Å². The fourth-order valence-corrected chi connectivity index (χ4v) is 2.89. The molecule has 0 spiro atoms. The number of carbonyl (C=O) groups excluding carboxylic acids is 1. The molecule has 2 amide bonds. The quantitative estimate of drug-likeness (QED) is 0.555. The maximum Gasteiger partial charge on any atom is 0.417 e. The van der Waals surface area contributed by atoms with Crippen LogP contribution in [0.15, 0.2) is 60.8 Å². The number of hydrogen-bond donors (Lipinski definition) is 2. The zero-order chi connectivity index (χ0) is 19.7. The van der Waals surface area contributed by atoms with Crippen molar-refractivity contribution in [1.82, 2.24) is 19.9 Å². The predicted octanol–water partition coefficient (Wildman–Crippen LogP) is 4.22. The fourth-order valence-electron chi connectivity index (χ4n) is 2.89. The van der Waals surface area contributed by atoms with Crippen molar-refractivity contribution in [2.75, 3.05) is 5.32 Å². The van der Waals surface area contributed by atoms with E-state index >= 15 is 0 Å². The summed E-state index contributed by atoms with van der Waals surface area (Å²) >= 11 is 0. The molecule has 0 radical (unpaired) electrons. The summed E-state index contributed by atoms with van der Waals surface area (Å²) in [5.41, 5.74) is 0.0709. The molecule has 0 unspecified atom stereocenters. The molecule has 0 aliphatic heterocycles. The topological polar surface area (TPSA) is 71.3 Å². The van der Waals surface area contributed by atoms with E-state index < -0.39 is 17.8 Å². The van der Waals surface area contributed by atoms with Crippen molar-refractivity contribution in [2.24, 2.45) is 0 Å². The van der Waals surface area contributed by atoms with Gasteiger partial charge in [0.15, 0.2) is 11.5 Å². The monoisotopic (exact) mass is 385 g/mol. The van der Waals surface area contributed by atoms with Gasteiger partial charge in [-0.25, -0.2) is 4.79 Å². The standard InChI is InChI=1S/C19H14F3N5O/c20-19(21,22)13-8-9-16-25-26-17(27(16)11-13)10-23-18(28)24-15-7-3-5-12-4-1-2-6-14(12)15/h1-9,11H,10H2,(H2,23,24,28). The summed E-state index contributed by atoms with van der Waals surface area (Å²) in [6.45, 7) is -0.0842. The molecule has 0 fully saturated rings. The number of amides is 2. The minimum atomic E-state index is -4.48. The summed E-state index contributed by atoms with van der Waals surface area (Å²) < 4.78 is 39.9. The van der Waals surface area contributed by atoms with E-state index in [0.29, 0.717) is 5.69 Å². The largest absolute Gasteiger partial charge is 0.417 e. The van der Waals surface area contributed by atoms with E-state index in [1.165, 1.54) is 10.5 Å². The summed E-state index contributed by atoms with van der Waals surface area (Å²) in [6.07, 6.45) is -3.57. The molecule has 2 aromatic heterocycles. The molecule has 0 atom stereocenters. The van der Waals surface area contributed by atoms with E-state index in [-0.39, 0.29) is 18.0 Å².